The van der Waals surface area contributed by atoms with Crippen LogP contribution in [0.2, 0.25) is 0 Å². The summed E-state index contributed by atoms with van der Waals surface area (Å²) in [5.41, 5.74) is 2.12. The maximum Gasteiger partial charge on any atom is 0.120 e. The molecule has 1 rings (SSSR count). The Balaban J connectivity index is 2.32. The first kappa shape index (κ1) is 7.98. The van der Waals surface area contributed by atoms with E-state index in [1.165, 1.54) is 0 Å². The van der Waals surface area contributed by atoms with E-state index in [2.05, 4.69) is 10.2 Å². The Hall–Kier alpha value is -1.12. The number of aldehydes is 1. The quantitative estimate of drug-likeness (QED) is 0.521. The molecule has 1 aromatic heterocycles. The molecular weight excluding hydrogens is 140 g/mol. The molecular formula is C8H12N2O. The third kappa shape index (κ3) is 2.53. The SMILES string of the molecule is Cc1cc(CCCC=O)n[nH]1. The average molecular weight is 152 g/mol. The molecule has 0 unspecified atom stereocenters. The van der Waals surface area contributed by atoms with Crippen LogP contribution in [-0.2, 0) is 11.2 Å². The number of carbonyl (C=O) groups excluding carboxylic acids is 1. The van der Waals surface area contributed by atoms with E-state index in [1.807, 2.05) is 13.0 Å². The Morgan fingerprint density at radius 3 is 3.09 bits per heavy atom. The molecule has 0 fully saturated rings. The lowest BCUT2D eigenvalue weighted by Gasteiger charge is -1.88. The maximum absolute atomic E-state index is 9.97. The van der Waals surface area contributed by atoms with Gasteiger partial charge in [0.2, 0.25) is 0 Å². The minimum atomic E-state index is 0.631. The van der Waals surface area contributed by atoms with E-state index in [0.29, 0.717) is 6.42 Å². The zero-order valence-corrected chi connectivity index (χ0v) is 6.63. The molecule has 1 heterocycles. The standard InChI is InChI=1S/C8H12N2O/c1-7-6-8(10-9-7)4-2-3-5-11/h5-6H,2-4H2,1H3,(H,9,10). The topological polar surface area (TPSA) is 45.8 Å². The summed E-state index contributed by atoms with van der Waals surface area (Å²) < 4.78 is 0. The second kappa shape index (κ2) is 3.91. The number of hydrogen-bond acceptors (Lipinski definition) is 2. The number of carbonyl (C=O) groups is 1. The second-order valence-corrected chi connectivity index (χ2v) is 2.60. The van der Waals surface area contributed by atoms with E-state index >= 15 is 0 Å². The molecule has 0 saturated heterocycles. The van der Waals surface area contributed by atoms with Crippen LogP contribution in [0.15, 0.2) is 6.07 Å². The van der Waals surface area contributed by atoms with Gasteiger partial charge in [-0.1, -0.05) is 0 Å². The van der Waals surface area contributed by atoms with Crippen LogP contribution in [0.25, 0.3) is 0 Å². The molecule has 0 aromatic carbocycles. The predicted molar refractivity (Wildman–Crippen MR) is 42.3 cm³/mol. The van der Waals surface area contributed by atoms with Gasteiger partial charge in [0.15, 0.2) is 0 Å². The fraction of sp³-hybridized carbons (Fsp3) is 0.500. The van der Waals surface area contributed by atoms with Gasteiger partial charge in [-0.2, -0.15) is 5.10 Å². The van der Waals surface area contributed by atoms with Gasteiger partial charge in [0.05, 0.1) is 5.69 Å². The molecule has 0 aliphatic heterocycles. The molecule has 3 heteroatoms. The third-order valence-electron chi connectivity index (χ3n) is 1.51. The van der Waals surface area contributed by atoms with Crippen molar-refractivity contribution in [2.24, 2.45) is 0 Å². The minimum absolute atomic E-state index is 0.631. The molecule has 0 saturated carbocycles. The first-order valence-corrected chi connectivity index (χ1v) is 3.77. The monoisotopic (exact) mass is 152 g/mol. The van der Waals surface area contributed by atoms with E-state index < -0.39 is 0 Å². The first-order chi connectivity index (χ1) is 5.33. The predicted octanol–water partition coefficient (Wildman–Crippen LogP) is 1.24. The van der Waals surface area contributed by atoms with Crippen molar-refractivity contribution in [3.63, 3.8) is 0 Å². The lowest BCUT2D eigenvalue weighted by molar-refractivity contribution is -0.107. The Labute approximate surface area is 65.8 Å². The summed E-state index contributed by atoms with van der Waals surface area (Å²) in [4.78, 5) is 9.97. The van der Waals surface area contributed by atoms with Crippen LogP contribution in [-0.4, -0.2) is 16.5 Å². The third-order valence-corrected chi connectivity index (χ3v) is 1.51. The highest BCUT2D eigenvalue weighted by atomic mass is 16.1. The zero-order valence-electron chi connectivity index (χ0n) is 6.63. The molecule has 60 valence electrons. The number of hydrogen-bond donors (Lipinski definition) is 1. The number of H-pyrrole nitrogens is 1. The van der Waals surface area contributed by atoms with Gasteiger partial charge in [-0.15, -0.1) is 0 Å². The lowest BCUT2D eigenvalue weighted by Crippen LogP contribution is -1.85. The molecule has 3 nitrogen and oxygen atoms in total. The van der Waals surface area contributed by atoms with Crippen molar-refractivity contribution < 1.29 is 4.79 Å². The van der Waals surface area contributed by atoms with Crippen molar-refractivity contribution in [2.45, 2.75) is 26.2 Å². The van der Waals surface area contributed by atoms with Gasteiger partial charge in [-0.3, -0.25) is 5.10 Å². The minimum Gasteiger partial charge on any atom is -0.303 e. The number of nitrogens with zero attached hydrogens (tertiary/aromatic N) is 1. The molecule has 0 bridgehead atoms. The number of nitrogens with one attached hydrogen (secondary N) is 1. The number of aromatic nitrogens is 2. The van der Waals surface area contributed by atoms with Crippen molar-refractivity contribution in [1.29, 1.82) is 0 Å². The number of aryl methyl sites for hydroxylation is 2. The van der Waals surface area contributed by atoms with Crippen LogP contribution in [0.3, 0.4) is 0 Å². The molecule has 1 N–H and O–H groups in total. The van der Waals surface area contributed by atoms with Crippen molar-refractivity contribution in [1.82, 2.24) is 10.2 Å². The summed E-state index contributed by atoms with van der Waals surface area (Å²) in [6.07, 6.45) is 3.36. The van der Waals surface area contributed by atoms with Gasteiger partial charge >= 0.3 is 0 Å². The van der Waals surface area contributed by atoms with E-state index in [4.69, 9.17) is 0 Å². The molecule has 11 heavy (non-hydrogen) atoms. The highest BCUT2D eigenvalue weighted by molar-refractivity contribution is 5.49. The average Bonchev–Trinajstić information content (AvgIpc) is 2.37. The van der Waals surface area contributed by atoms with E-state index in [-0.39, 0.29) is 0 Å². The van der Waals surface area contributed by atoms with Crippen LogP contribution in [0.5, 0.6) is 0 Å². The summed E-state index contributed by atoms with van der Waals surface area (Å²) in [5.74, 6) is 0. The molecule has 0 radical (unpaired) electrons. The Bertz CT molecular complexity index is 230. The molecule has 1 aromatic rings. The molecule has 0 aliphatic carbocycles. The van der Waals surface area contributed by atoms with Crippen LogP contribution in [0.4, 0.5) is 0 Å². The summed E-state index contributed by atoms with van der Waals surface area (Å²) in [7, 11) is 0. The molecule has 0 amide bonds. The number of unbranched alkanes of at least 4 members (excludes halogenated alkanes) is 1. The molecule has 0 aliphatic rings. The van der Waals surface area contributed by atoms with E-state index in [0.717, 1.165) is 30.5 Å². The summed E-state index contributed by atoms with van der Waals surface area (Å²) in [5, 5.41) is 6.90. The van der Waals surface area contributed by atoms with E-state index in [9.17, 15) is 4.79 Å². The molecule has 0 atom stereocenters. The van der Waals surface area contributed by atoms with Crippen LogP contribution in [0.1, 0.15) is 24.2 Å². The van der Waals surface area contributed by atoms with Gasteiger partial charge in [-0.25, -0.2) is 0 Å². The van der Waals surface area contributed by atoms with Gasteiger partial charge in [0.1, 0.15) is 6.29 Å². The first-order valence-electron chi connectivity index (χ1n) is 3.77. The van der Waals surface area contributed by atoms with Crippen LogP contribution in [0, 0.1) is 6.92 Å². The normalized spacial score (nSPS) is 9.91. The van der Waals surface area contributed by atoms with E-state index in [1.54, 1.807) is 0 Å². The highest BCUT2D eigenvalue weighted by Crippen LogP contribution is 2.01. The van der Waals surface area contributed by atoms with Crippen LogP contribution >= 0.6 is 0 Å². The van der Waals surface area contributed by atoms with Crippen LogP contribution < -0.4 is 0 Å². The fourth-order valence-corrected chi connectivity index (χ4v) is 0.969. The molecule has 0 spiro atoms. The van der Waals surface area contributed by atoms with Gasteiger partial charge < -0.3 is 4.79 Å². The number of rotatable bonds is 4. The second-order valence-electron chi connectivity index (χ2n) is 2.60. The van der Waals surface area contributed by atoms with Crippen molar-refractivity contribution in [2.75, 3.05) is 0 Å². The maximum atomic E-state index is 9.97. The Kier molecular flexibility index (Phi) is 2.83. The fourth-order valence-electron chi connectivity index (χ4n) is 0.969. The summed E-state index contributed by atoms with van der Waals surface area (Å²) in [6, 6.07) is 2.00. The summed E-state index contributed by atoms with van der Waals surface area (Å²) >= 11 is 0. The Morgan fingerprint density at radius 1 is 1.73 bits per heavy atom. The van der Waals surface area contributed by atoms with Crippen molar-refractivity contribution in [3.8, 4) is 0 Å². The smallest absolute Gasteiger partial charge is 0.120 e. The van der Waals surface area contributed by atoms with Gasteiger partial charge in [-0.05, 0) is 25.8 Å². The lowest BCUT2D eigenvalue weighted by atomic mass is 10.2. The zero-order chi connectivity index (χ0) is 8.10. The largest absolute Gasteiger partial charge is 0.303 e. The Morgan fingerprint density at radius 2 is 2.55 bits per heavy atom. The van der Waals surface area contributed by atoms with Gasteiger partial charge in [0.25, 0.3) is 0 Å². The highest BCUT2D eigenvalue weighted by Gasteiger charge is 1.95. The van der Waals surface area contributed by atoms with Crippen molar-refractivity contribution in [3.05, 3.63) is 17.5 Å². The van der Waals surface area contributed by atoms with Crippen molar-refractivity contribution >= 4 is 6.29 Å². The van der Waals surface area contributed by atoms with Gasteiger partial charge in [0, 0.05) is 12.1 Å². The number of aromatic amines is 1. The summed E-state index contributed by atoms with van der Waals surface area (Å²) in [6.45, 7) is 1.97.